The summed E-state index contributed by atoms with van der Waals surface area (Å²) in [4.78, 5) is 12.4. The second-order valence-corrected chi connectivity index (χ2v) is 12.7. The van der Waals surface area contributed by atoms with Crippen LogP contribution in [0.2, 0.25) is 23.2 Å². The number of ether oxygens (including phenoxy) is 2. The van der Waals surface area contributed by atoms with E-state index in [2.05, 4.69) is 40.4 Å². The SMILES string of the molecule is C=C(O[Si](C)(C)C(C)(C)C)C1(C(=O)OC)OC1c1ccc(Cl)cc1. The molecule has 132 valence electrons. The first-order valence-corrected chi connectivity index (χ1v) is 11.1. The van der Waals surface area contributed by atoms with Gasteiger partial charge < -0.3 is 13.9 Å². The summed E-state index contributed by atoms with van der Waals surface area (Å²) in [6.07, 6.45) is -0.473. The molecular weight excluding hydrogens is 344 g/mol. The van der Waals surface area contributed by atoms with Gasteiger partial charge in [-0.1, -0.05) is 51.1 Å². The summed E-state index contributed by atoms with van der Waals surface area (Å²) < 4.78 is 17.0. The van der Waals surface area contributed by atoms with Crippen LogP contribution in [0.4, 0.5) is 0 Å². The van der Waals surface area contributed by atoms with Crippen molar-refractivity contribution in [2.75, 3.05) is 7.11 Å². The van der Waals surface area contributed by atoms with Gasteiger partial charge >= 0.3 is 5.97 Å². The van der Waals surface area contributed by atoms with Crippen molar-refractivity contribution in [2.45, 2.75) is 50.6 Å². The van der Waals surface area contributed by atoms with Crippen molar-refractivity contribution in [1.29, 1.82) is 0 Å². The Morgan fingerprint density at radius 3 is 2.29 bits per heavy atom. The van der Waals surface area contributed by atoms with E-state index in [9.17, 15) is 4.79 Å². The van der Waals surface area contributed by atoms with Crippen LogP contribution >= 0.6 is 11.6 Å². The van der Waals surface area contributed by atoms with Crippen LogP contribution in [-0.2, 0) is 18.7 Å². The van der Waals surface area contributed by atoms with Crippen molar-refractivity contribution in [2.24, 2.45) is 0 Å². The Kier molecular flexibility index (Phi) is 4.92. The third kappa shape index (κ3) is 3.25. The zero-order chi connectivity index (χ0) is 18.3. The normalized spacial score (nSPS) is 23.5. The number of epoxide rings is 1. The molecule has 0 N–H and O–H groups in total. The number of hydrogen-bond donors (Lipinski definition) is 0. The fraction of sp³-hybridized carbons (Fsp3) is 0.500. The summed E-state index contributed by atoms with van der Waals surface area (Å²) in [7, 11) is -0.807. The van der Waals surface area contributed by atoms with Gasteiger partial charge in [-0.25, -0.2) is 4.79 Å². The van der Waals surface area contributed by atoms with Gasteiger partial charge in [0.25, 0.3) is 5.60 Å². The van der Waals surface area contributed by atoms with E-state index in [4.69, 9.17) is 25.5 Å². The molecule has 0 aliphatic carbocycles. The molecule has 1 saturated heterocycles. The predicted molar refractivity (Wildman–Crippen MR) is 97.4 cm³/mol. The average Bonchev–Trinajstić information content (AvgIpc) is 3.22. The van der Waals surface area contributed by atoms with Crippen LogP contribution in [0.25, 0.3) is 0 Å². The van der Waals surface area contributed by atoms with E-state index < -0.39 is 26.0 Å². The molecule has 1 aromatic rings. The zero-order valence-electron chi connectivity index (χ0n) is 15.1. The van der Waals surface area contributed by atoms with E-state index in [-0.39, 0.29) is 5.04 Å². The fourth-order valence-electron chi connectivity index (χ4n) is 2.26. The van der Waals surface area contributed by atoms with Crippen LogP contribution < -0.4 is 0 Å². The van der Waals surface area contributed by atoms with Gasteiger partial charge in [0.05, 0.1) is 7.11 Å². The Labute approximate surface area is 149 Å². The van der Waals surface area contributed by atoms with Gasteiger partial charge in [-0.15, -0.1) is 0 Å². The van der Waals surface area contributed by atoms with Crippen LogP contribution in [0.15, 0.2) is 36.6 Å². The summed E-state index contributed by atoms with van der Waals surface area (Å²) in [6, 6.07) is 7.19. The highest BCUT2D eigenvalue weighted by Crippen LogP contribution is 2.56. The molecule has 1 aliphatic heterocycles. The minimum Gasteiger partial charge on any atom is -0.544 e. The lowest BCUT2D eigenvalue weighted by molar-refractivity contribution is -0.146. The highest BCUT2D eigenvalue weighted by molar-refractivity contribution is 6.74. The first kappa shape index (κ1) is 19.0. The monoisotopic (exact) mass is 368 g/mol. The minimum absolute atomic E-state index is 0.0160. The summed E-state index contributed by atoms with van der Waals surface area (Å²) in [5.41, 5.74) is -0.442. The van der Waals surface area contributed by atoms with Crippen LogP contribution in [0.1, 0.15) is 32.4 Å². The molecule has 6 heteroatoms. The molecule has 2 atom stereocenters. The van der Waals surface area contributed by atoms with Gasteiger partial charge in [0.2, 0.25) is 8.32 Å². The lowest BCUT2D eigenvalue weighted by atomic mass is 9.98. The molecule has 24 heavy (non-hydrogen) atoms. The number of halogens is 1. The highest BCUT2D eigenvalue weighted by atomic mass is 35.5. The number of rotatable bonds is 5. The van der Waals surface area contributed by atoms with Crippen molar-refractivity contribution >= 4 is 25.9 Å². The van der Waals surface area contributed by atoms with Gasteiger partial charge in [0, 0.05) is 5.02 Å². The second kappa shape index (κ2) is 6.21. The Morgan fingerprint density at radius 1 is 1.29 bits per heavy atom. The number of esters is 1. The Morgan fingerprint density at radius 2 is 1.83 bits per heavy atom. The topological polar surface area (TPSA) is 48.1 Å². The van der Waals surface area contributed by atoms with Crippen molar-refractivity contribution < 1.29 is 18.7 Å². The number of hydrogen-bond acceptors (Lipinski definition) is 4. The molecule has 0 radical (unpaired) electrons. The Bertz CT molecular complexity index is 648. The lowest BCUT2D eigenvalue weighted by Gasteiger charge is -2.37. The van der Waals surface area contributed by atoms with Crippen molar-refractivity contribution in [3.63, 3.8) is 0 Å². The van der Waals surface area contributed by atoms with Gasteiger partial charge in [-0.05, 0) is 35.8 Å². The highest BCUT2D eigenvalue weighted by Gasteiger charge is 2.68. The van der Waals surface area contributed by atoms with Crippen molar-refractivity contribution in [3.8, 4) is 0 Å². The molecule has 2 unspecified atom stereocenters. The second-order valence-electron chi connectivity index (χ2n) is 7.56. The van der Waals surface area contributed by atoms with E-state index in [0.717, 1.165) is 5.56 Å². The summed E-state index contributed by atoms with van der Waals surface area (Å²) in [5, 5.41) is 0.608. The van der Waals surface area contributed by atoms with Gasteiger partial charge in [0.15, 0.2) is 0 Å². The maximum absolute atomic E-state index is 12.4. The van der Waals surface area contributed by atoms with E-state index in [1.807, 2.05) is 12.1 Å². The molecule has 1 fully saturated rings. The molecule has 0 bridgehead atoms. The molecule has 0 spiro atoms. The number of methoxy groups -OCH3 is 1. The predicted octanol–water partition coefficient (Wildman–Crippen LogP) is 4.86. The van der Waals surface area contributed by atoms with E-state index in [0.29, 0.717) is 10.8 Å². The zero-order valence-corrected chi connectivity index (χ0v) is 16.9. The minimum atomic E-state index is -2.14. The Balaban J connectivity index is 2.30. The Hall–Kier alpha value is -1.30. The third-order valence-corrected chi connectivity index (χ3v) is 9.50. The smallest absolute Gasteiger partial charge is 0.349 e. The number of carbonyl (C=O) groups is 1. The summed E-state index contributed by atoms with van der Waals surface area (Å²) in [6.45, 7) is 14.6. The molecule has 0 amide bonds. The van der Waals surface area contributed by atoms with E-state index in [1.165, 1.54) is 7.11 Å². The molecule has 1 heterocycles. The maximum Gasteiger partial charge on any atom is 0.349 e. The number of carbonyl (C=O) groups excluding carboxylic acids is 1. The average molecular weight is 369 g/mol. The van der Waals surface area contributed by atoms with Gasteiger partial charge in [0.1, 0.15) is 11.9 Å². The molecule has 2 rings (SSSR count). The van der Waals surface area contributed by atoms with Gasteiger partial charge in [-0.3, -0.25) is 0 Å². The molecule has 0 saturated carbocycles. The van der Waals surface area contributed by atoms with Crippen LogP contribution in [0, 0.1) is 0 Å². The first-order valence-electron chi connectivity index (χ1n) is 7.86. The molecule has 1 aliphatic rings. The van der Waals surface area contributed by atoms with Crippen LogP contribution in [0.3, 0.4) is 0 Å². The quantitative estimate of drug-likeness (QED) is 0.322. The van der Waals surface area contributed by atoms with E-state index >= 15 is 0 Å². The van der Waals surface area contributed by atoms with Crippen molar-refractivity contribution in [3.05, 3.63) is 47.2 Å². The lowest BCUT2D eigenvalue weighted by Crippen LogP contribution is -2.43. The largest absolute Gasteiger partial charge is 0.544 e. The molecule has 0 aromatic heterocycles. The maximum atomic E-state index is 12.4. The van der Waals surface area contributed by atoms with Crippen LogP contribution in [0.5, 0.6) is 0 Å². The van der Waals surface area contributed by atoms with E-state index in [1.54, 1.807) is 12.1 Å². The van der Waals surface area contributed by atoms with Crippen molar-refractivity contribution in [1.82, 2.24) is 0 Å². The number of benzene rings is 1. The fourth-order valence-corrected chi connectivity index (χ4v) is 3.46. The standard InChI is InChI=1S/C18H25ClO4Si/c1-12(23-24(6,7)17(2,3)4)18(16(20)21-5)15(22-18)13-8-10-14(19)11-9-13/h8-11,15H,1H2,2-7H3. The third-order valence-electron chi connectivity index (χ3n) is 4.88. The van der Waals surface area contributed by atoms with Gasteiger partial charge in [-0.2, -0.15) is 0 Å². The first-order chi connectivity index (χ1) is 11.0. The molecule has 1 aromatic carbocycles. The summed E-state index contributed by atoms with van der Waals surface area (Å²) in [5.74, 6) is -0.174. The molecular formula is C18H25ClO4Si. The summed E-state index contributed by atoms with van der Waals surface area (Å²) >= 11 is 5.93. The molecule has 4 nitrogen and oxygen atoms in total. The van der Waals surface area contributed by atoms with Crippen LogP contribution in [-0.4, -0.2) is 27.0 Å².